The number of halogens is 1. The topological polar surface area (TPSA) is 67.1 Å². The molecule has 0 aliphatic heterocycles. The van der Waals surface area contributed by atoms with Crippen LogP contribution in [0, 0.1) is 5.82 Å². The van der Waals surface area contributed by atoms with Crippen LogP contribution in [-0.4, -0.2) is 23.1 Å². The third-order valence-corrected chi connectivity index (χ3v) is 2.68. The number of anilines is 2. The van der Waals surface area contributed by atoms with Crippen molar-refractivity contribution in [2.45, 2.75) is 32.7 Å². The van der Waals surface area contributed by atoms with Gasteiger partial charge in [0, 0.05) is 13.1 Å². The average molecular weight is 227 g/mol. The third-order valence-electron chi connectivity index (χ3n) is 2.68. The van der Waals surface area contributed by atoms with Gasteiger partial charge >= 0.3 is 0 Å². The lowest BCUT2D eigenvalue weighted by atomic mass is 10.1. The first-order chi connectivity index (χ1) is 7.63. The quantitative estimate of drug-likeness (QED) is 0.589. The zero-order valence-corrected chi connectivity index (χ0v) is 9.87. The van der Waals surface area contributed by atoms with Gasteiger partial charge in [-0.05, 0) is 12.8 Å². The van der Waals surface area contributed by atoms with Crippen LogP contribution in [0.3, 0.4) is 0 Å². The molecule has 0 fully saturated rings. The molecule has 1 aromatic heterocycles. The highest BCUT2D eigenvalue weighted by Crippen LogP contribution is 2.20. The lowest BCUT2D eigenvalue weighted by molar-refractivity contribution is 0.555. The summed E-state index contributed by atoms with van der Waals surface area (Å²) in [4.78, 5) is 9.53. The Kier molecular flexibility index (Phi) is 4.42. The number of nitrogens with two attached hydrogens (primary N) is 1. The summed E-state index contributed by atoms with van der Waals surface area (Å²) in [6.07, 6.45) is 2.99. The molecule has 0 saturated heterocycles. The number of hydrazine groups is 1. The Bertz CT molecular complexity index is 340. The molecule has 1 rings (SSSR count). The van der Waals surface area contributed by atoms with Gasteiger partial charge in [0.05, 0.1) is 6.20 Å². The van der Waals surface area contributed by atoms with Gasteiger partial charge < -0.3 is 4.90 Å². The van der Waals surface area contributed by atoms with Crippen molar-refractivity contribution in [3.8, 4) is 0 Å². The highest BCUT2D eigenvalue weighted by atomic mass is 19.1. The van der Waals surface area contributed by atoms with Crippen LogP contribution >= 0.6 is 0 Å². The minimum atomic E-state index is -0.437. The molecule has 0 aliphatic rings. The molecule has 0 radical (unpaired) electrons. The van der Waals surface area contributed by atoms with Gasteiger partial charge in [0.2, 0.25) is 5.95 Å². The Hall–Kier alpha value is -1.43. The van der Waals surface area contributed by atoms with Crippen LogP contribution in [0.25, 0.3) is 0 Å². The average Bonchev–Trinajstić information content (AvgIpc) is 2.31. The Morgan fingerprint density at radius 1 is 1.50 bits per heavy atom. The highest BCUT2D eigenvalue weighted by molar-refractivity contribution is 5.43. The van der Waals surface area contributed by atoms with Crippen molar-refractivity contribution in [2.24, 2.45) is 5.84 Å². The fraction of sp³-hybridized carbons (Fsp3) is 0.600. The van der Waals surface area contributed by atoms with E-state index in [0.717, 1.165) is 19.0 Å². The number of nitrogens with zero attached hydrogens (tertiary/aromatic N) is 3. The predicted molar refractivity (Wildman–Crippen MR) is 62.6 cm³/mol. The molecule has 0 atom stereocenters. The van der Waals surface area contributed by atoms with Crippen molar-refractivity contribution in [1.82, 2.24) is 9.97 Å². The van der Waals surface area contributed by atoms with E-state index in [1.807, 2.05) is 11.9 Å². The number of rotatable bonds is 5. The van der Waals surface area contributed by atoms with Crippen molar-refractivity contribution < 1.29 is 4.39 Å². The van der Waals surface area contributed by atoms with E-state index >= 15 is 0 Å². The van der Waals surface area contributed by atoms with Gasteiger partial charge in [-0.25, -0.2) is 15.2 Å². The SMILES string of the molecule is CCC(CC)N(C)c1nc(NN)ncc1F. The van der Waals surface area contributed by atoms with Crippen LogP contribution in [0.4, 0.5) is 16.2 Å². The van der Waals surface area contributed by atoms with Crippen LogP contribution < -0.4 is 16.2 Å². The van der Waals surface area contributed by atoms with Crippen molar-refractivity contribution >= 4 is 11.8 Å². The predicted octanol–water partition coefficient (Wildman–Crippen LogP) is 1.53. The van der Waals surface area contributed by atoms with E-state index in [9.17, 15) is 4.39 Å². The number of hydrogen-bond donors (Lipinski definition) is 2. The summed E-state index contributed by atoms with van der Waals surface area (Å²) in [6, 6.07) is 0.259. The van der Waals surface area contributed by atoms with Gasteiger partial charge in [-0.2, -0.15) is 4.98 Å². The van der Waals surface area contributed by atoms with Crippen LogP contribution in [-0.2, 0) is 0 Å². The number of nitrogen functional groups attached to an aromatic ring is 1. The van der Waals surface area contributed by atoms with Gasteiger partial charge in [0.1, 0.15) is 0 Å². The Labute approximate surface area is 94.8 Å². The maximum atomic E-state index is 13.6. The summed E-state index contributed by atoms with van der Waals surface area (Å²) in [5.41, 5.74) is 2.31. The molecule has 1 aromatic rings. The second kappa shape index (κ2) is 5.60. The van der Waals surface area contributed by atoms with Crippen molar-refractivity contribution in [1.29, 1.82) is 0 Å². The maximum Gasteiger partial charge on any atom is 0.239 e. The molecule has 3 N–H and O–H groups in total. The Morgan fingerprint density at radius 3 is 2.62 bits per heavy atom. The van der Waals surface area contributed by atoms with Crippen LogP contribution in [0.2, 0.25) is 0 Å². The standard InChI is InChI=1S/C10H18FN5/c1-4-7(5-2)16(3)9-8(11)6-13-10(14-9)15-12/h6-7H,4-5,12H2,1-3H3,(H,13,14,15). The monoisotopic (exact) mass is 227 g/mol. The summed E-state index contributed by atoms with van der Waals surface area (Å²) in [5.74, 6) is 5.25. The van der Waals surface area contributed by atoms with Crippen LogP contribution in [0.5, 0.6) is 0 Å². The first kappa shape index (κ1) is 12.6. The normalized spacial score (nSPS) is 10.6. The molecule has 1 heterocycles. The smallest absolute Gasteiger partial charge is 0.239 e. The van der Waals surface area contributed by atoms with E-state index in [1.54, 1.807) is 0 Å². The minimum Gasteiger partial charge on any atom is -0.354 e. The van der Waals surface area contributed by atoms with Gasteiger partial charge in [0.25, 0.3) is 0 Å². The highest BCUT2D eigenvalue weighted by Gasteiger charge is 2.17. The Balaban J connectivity index is 3.01. The number of nitrogens with one attached hydrogen (secondary N) is 1. The number of aromatic nitrogens is 2. The van der Waals surface area contributed by atoms with E-state index in [0.29, 0.717) is 0 Å². The molecule has 90 valence electrons. The lowest BCUT2D eigenvalue weighted by Gasteiger charge is -2.27. The molecule has 0 aromatic carbocycles. The van der Waals surface area contributed by atoms with E-state index in [-0.39, 0.29) is 17.8 Å². The first-order valence-corrected chi connectivity index (χ1v) is 5.36. The number of hydrogen-bond acceptors (Lipinski definition) is 5. The molecular weight excluding hydrogens is 209 g/mol. The van der Waals surface area contributed by atoms with Crippen LogP contribution in [0.1, 0.15) is 26.7 Å². The minimum absolute atomic E-state index is 0.217. The molecule has 0 saturated carbocycles. The summed E-state index contributed by atoms with van der Waals surface area (Å²) in [6.45, 7) is 4.12. The zero-order valence-electron chi connectivity index (χ0n) is 9.87. The third kappa shape index (κ3) is 2.57. The molecule has 0 spiro atoms. The van der Waals surface area contributed by atoms with Crippen molar-refractivity contribution in [3.05, 3.63) is 12.0 Å². The summed E-state index contributed by atoms with van der Waals surface area (Å²) in [7, 11) is 1.82. The van der Waals surface area contributed by atoms with Gasteiger partial charge in [0.15, 0.2) is 11.6 Å². The second-order valence-electron chi connectivity index (χ2n) is 3.59. The second-order valence-corrected chi connectivity index (χ2v) is 3.59. The maximum absolute atomic E-state index is 13.6. The molecule has 16 heavy (non-hydrogen) atoms. The first-order valence-electron chi connectivity index (χ1n) is 5.36. The van der Waals surface area contributed by atoms with E-state index in [1.165, 1.54) is 0 Å². The summed E-state index contributed by atoms with van der Waals surface area (Å²) >= 11 is 0. The zero-order chi connectivity index (χ0) is 12.1. The largest absolute Gasteiger partial charge is 0.354 e. The van der Waals surface area contributed by atoms with Crippen molar-refractivity contribution in [3.63, 3.8) is 0 Å². The van der Waals surface area contributed by atoms with E-state index in [2.05, 4.69) is 29.2 Å². The molecule has 0 bridgehead atoms. The molecule has 0 aliphatic carbocycles. The molecule has 6 heteroatoms. The molecule has 5 nitrogen and oxygen atoms in total. The van der Waals surface area contributed by atoms with Gasteiger partial charge in [-0.1, -0.05) is 13.8 Å². The fourth-order valence-corrected chi connectivity index (χ4v) is 1.68. The molecular formula is C10H18FN5. The molecule has 0 amide bonds. The Morgan fingerprint density at radius 2 is 2.12 bits per heavy atom. The molecule has 0 unspecified atom stereocenters. The lowest BCUT2D eigenvalue weighted by Crippen LogP contribution is -2.32. The summed E-state index contributed by atoms with van der Waals surface area (Å²) < 4.78 is 13.6. The summed E-state index contributed by atoms with van der Waals surface area (Å²) in [5, 5.41) is 0. The fourth-order valence-electron chi connectivity index (χ4n) is 1.68. The van der Waals surface area contributed by atoms with Crippen LogP contribution in [0.15, 0.2) is 6.20 Å². The van der Waals surface area contributed by atoms with Crippen molar-refractivity contribution in [2.75, 3.05) is 17.4 Å². The van der Waals surface area contributed by atoms with Gasteiger partial charge in [-0.3, -0.25) is 5.43 Å². The van der Waals surface area contributed by atoms with E-state index in [4.69, 9.17) is 5.84 Å². The van der Waals surface area contributed by atoms with Gasteiger partial charge in [-0.15, -0.1) is 0 Å². The van der Waals surface area contributed by atoms with E-state index < -0.39 is 5.82 Å².